The number of rotatable bonds is 6. The summed E-state index contributed by atoms with van der Waals surface area (Å²) in [5.74, 6) is 0.157. The van der Waals surface area contributed by atoms with E-state index in [1.54, 1.807) is 12.1 Å². The van der Waals surface area contributed by atoms with E-state index in [0.29, 0.717) is 30.2 Å². The van der Waals surface area contributed by atoms with E-state index in [1.807, 2.05) is 37.3 Å². The maximum Gasteiger partial charge on any atom is 0.338 e. The zero-order valence-electron chi connectivity index (χ0n) is 15.6. The van der Waals surface area contributed by atoms with Crippen LogP contribution < -0.4 is 5.32 Å². The number of esters is 1. The lowest BCUT2D eigenvalue weighted by Crippen LogP contribution is -2.09. The fourth-order valence-corrected chi connectivity index (χ4v) is 3.05. The summed E-state index contributed by atoms with van der Waals surface area (Å²) >= 11 is 0. The van der Waals surface area contributed by atoms with E-state index in [0.717, 1.165) is 22.4 Å². The van der Waals surface area contributed by atoms with Crippen LogP contribution in [0.5, 0.6) is 0 Å². The summed E-state index contributed by atoms with van der Waals surface area (Å²) in [4.78, 5) is 16.3. The van der Waals surface area contributed by atoms with Crippen molar-refractivity contribution in [1.29, 1.82) is 0 Å². The molecule has 144 valence electrons. The van der Waals surface area contributed by atoms with Gasteiger partial charge in [-0.25, -0.2) is 9.18 Å². The standard InChI is InChI=1S/C21H20FN3O3/c1-12-7-8-13(19-24-20(28-25-19)16-10-17(16)22)9-18(12)23-11-14-5-3-4-6-15(14)21(26)27-2/h3-9,16-17,23H,10-11H2,1-2H3/t16-,17-/m0/s1. The van der Waals surface area contributed by atoms with Crippen LogP contribution >= 0.6 is 0 Å². The number of hydrogen-bond donors (Lipinski definition) is 1. The molecule has 0 radical (unpaired) electrons. The third-order valence-corrected chi connectivity index (χ3v) is 4.86. The van der Waals surface area contributed by atoms with E-state index in [9.17, 15) is 9.18 Å². The number of aryl methyl sites for hydroxylation is 1. The lowest BCUT2D eigenvalue weighted by molar-refractivity contribution is 0.0599. The summed E-state index contributed by atoms with van der Waals surface area (Å²) in [5.41, 5.74) is 4.07. The molecule has 0 saturated heterocycles. The largest absolute Gasteiger partial charge is 0.465 e. The van der Waals surface area contributed by atoms with E-state index in [1.165, 1.54) is 7.11 Å². The minimum atomic E-state index is -0.876. The van der Waals surface area contributed by atoms with Crippen molar-refractivity contribution < 1.29 is 18.4 Å². The minimum Gasteiger partial charge on any atom is -0.465 e. The third-order valence-electron chi connectivity index (χ3n) is 4.86. The number of nitrogens with one attached hydrogen (secondary N) is 1. The average Bonchev–Trinajstić information content (AvgIpc) is 3.25. The monoisotopic (exact) mass is 381 g/mol. The van der Waals surface area contributed by atoms with E-state index in [-0.39, 0.29) is 11.9 Å². The Bertz CT molecular complexity index is 1020. The SMILES string of the molecule is COC(=O)c1ccccc1CNc1cc(-c2noc([C@H]3C[C@@H]3F)n2)ccc1C. The Labute approximate surface area is 161 Å². The number of carbonyl (C=O) groups excluding carboxylic acids is 1. The van der Waals surface area contributed by atoms with Gasteiger partial charge in [0.1, 0.15) is 6.17 Å². The zero-order chi connectivity index (χ0) is 19.7. The normalized spacial score (nSPS) is 18.0. The molecule has 28 heavy (non-hydrogen) atoms. The molecule has 1 saturated carbocycles. The van der Waals surface area contributed by atoms with Gasteiger partial charge in [-0.05, 0) is 36.6 Å². The highest BCUT2D eigenvalue weighted by Crippen LogP contribution is 2.43. The molecule has 0 spiro atoms. The molecule has 1 aliphatic rings. The molecule has 1 aliphatic carbocycles. The van der Waals surface area contributed by atoms with Crippen molar-refractivity contribution in [2.45, 2.75) is 32.0 Å². The Balaban J connectivity index is 1.54. The number of aromatic nitrogens is 2. The summed E-state index contributed by atoms with van der Waals surface area (Å²) in [6, 6.07) is 13.1. The van der Waals surface area contributed by atoms with Crippen molar-refractivity contribution >= 4 is 11.7 Å². The second kappa shape index (κ2) is 7.42. The van der Waals surface area contributed by atoms with Gasteiger partial charge in [0, 0.05) is 17.8 Å². The second-order valence-corrected chi connectivity index (χ2v) is 6.85. The van der Waals surface area contributed by atoms with Crippen LogP contribution in [0.2, 0.25) is 0 Å². The number of benzene rings is 2. The predicted molar refractivity (Wildman–Crippen MR) is 102 cm³/mol. The number of hydrogen-bond acceptors (Lipinski definition) is 6. The van der Waals surface area contributed by atoms with Crippen LogP contribution in [0.15, 0.2) is 47.0 Å². The highest BCUT2D eigenvalue weighted by molar-refractivity contribution is 5.91. The summed E-state index contributed by atoms with van der Waals surface area (Å²) in [7, 11) is 1.37. The van der Waals surface area contributed by atoms with E-state index in [2.05, 4.69) is 15.5 Å². The number of methoxy groups -OCH3 is 1. The molecule has 6 nitrogen and oxygen atoms in total. The molecule has 0 bridgehead atoms. The summed E-state index contributed by atoms with van der Waals surface area (Å²) in [5, 5.41) is 7.33. The Morgan fingerprint density at radius 1 is 1.32 bits per heavy atom. The minimum absolute atomic E-state index is 0.265. The zero-order valence-corrected chi connectivity index (χ0v) is 15.6. The molecule has 0 aliphatic heterocycles. The quantitative estimate of drug-likeness (QED) is 0.643. The van der Waals surface area contributed by atoms with Crippen LogP contribution in [0.4, 0.5) is 10.1 Å². The van der Waals surface area contributed by atoms with Crippen LogP contribution in [0.25, 0.3) is 11.4 Å². The van der Waals surface area contributed by atoms with Gasteiger partial charge in [0.2, 0.25) is 11.7 Å². The first-order valence-corrected chi connectivity index (χ1v) is 9.05. The molecule has 1 heterocycles. The maximum absolute atomic E-state index is 13.2. The van der Waals surface area contributed by atoms with Gasteiger partial charge < -0.3 is 14.6 Å². The highest BCUT2D eigenvalue weighted by atomic mass is 19.1. The molecule has 2 aromatic carbocycles. The summed E-state index contributed by atoms with van der Waals surface area (Å²) in [6.07, 6.45) is -0.430. The van der Waals surface area contributed by atoms with Crippen LogP contribution in [0.3, 0.4) is 0 Å². The Morgan fingerprint density at radius 2 is 2.11 bits per heavy atom. The number of nitrogens with zero attached hydrogens (tertiary/aromatic N) is 2. The fraction of sp³-hybridized carbons (Fsp3) is 0.286. The third kappa shape index (κ3) is 3.60. The van der Waals surface area contributed by atoms with Gasteiger partial charge in [0.05, 0.1) is 18.6 Å². The Hall–Kier alpha value is -3.22. The van der Waals surface area contributed by atoms with Gasteiger partial charge in [-0.15, -0.1) is 0 Å². The van der Waals surface area contributed by atoms with Gasteiger partial charge >= 0.3 is 5.97 Å². The van der Waals surface area contributed by atoms with Crippen molar-refractivity contribution in [3.05, 3.63) is 65.0 Å². The van der Waals surface area contributed by atoms with E-state index < -0.39 is 6.17 Å². The highest BCUT2D eigenvalue weighted by Gasteiger charge is 2.43. The molecule has 1 fully saturated rings. The molecular formula is C21H20FN3O3. The fourth-order valence-electron chi connectivity index (χ4n) is 3.05. The molecule has 2 atom stereocenters. The average molecular weight is 381 g/mol. The van der Waals surface area contributed by atoms with Crippen LogP contribution in [0, 0.1) is 6.92 Å². The molecule has 0 amide bonds. The van der Waals surface area contributed by atoms with Crippen molar-refractivity contribution in [1.82, 2.24) is 10.1 Å². The van der Waals surface area contributed by atoms with Gasteiger partial charge in [0.25, 0.3) is 0 Å². The van der Waals surface area contributed by atoms with Gasteiger partial charge in [0.15, 0.2) is 0 Å². The Morgan fingerprint density at radius 3 is 2.86 bits per heavy atom. The first-order valence-electron chi connectivity index (χ1n) is 9.05. The van der Waals surface area contributed by atoms with Crippen molar-refractivity contribution in [2.75, 3.05) is 12.4 Å². The summed E-state index contributed by atoms with van der Waals surface area (Å²) < 4.78 is 23.2. The smallest absolute Gasteiger partial charge is 0.338 e. The Kier molecular flexibility index (Phi) is 4.81. The van der Waals surface area contributed by atoms with Crippen molar-refractivity contribution in [3.63, 3.8) is 0 Å². The lowest BCUT2D eigenvalue weighted by atomic mass is 10.1. The number of halogens is 1. The van der Waals surface area contributed by atoms with Crippen molar-refractivity contribution in [2.24, 2.45) is 0 Å². The van der Waals surface area contributed by atoms with Gasteiger partial charge in [-0.2, -0.15) is 4.98 Å². The van der Waals surface area contributed by atoms with Gasteiger partial charge in [-0.1, -0.05) is 35.5 Å². The number of anilines is 1. The van der Waals surface area contributed by atoms with E-state index in [4.69, 9.17) is 9.26 Å². The predicted octanol–water partition coefficient (Wildman–Crippen LogP) is 4.27. The first kappa shape index (κ1) is 18.2. The first-order chi connectivity index (χ1) is 13.6. The topological polar surface area (TPSA) is 77.2 Å². The number of ether oxygens (including phenoxy) is 1. The number of carbonyl (C=O) groups is 1. The van der Waals surface area contributed by atoms with E-state index >= 15 is 0 Å². The molecule has 1 N–H and O–H groups in total. The number of alkyl halides is 1. The molecular weight excluding hydrogens is 361 g/mol. The van der Waals surface area contributed by atoms with Crippen LogP contribution in [-0.4, -0.2) is 29.4 Å². The van der Waals surface area contributed by atoms with Crippen LogP contribution in [0.1, 0.15) is 39.7 Å². The molecule has 1 aromatic heterocycles. The maximum atomic E-state index is 13.2. The van der Waals surface area contributed by atoms with Crippen LogP contribution in [-0.2, 0) is 11.3 Å². The second-order valence-electron chi connectivity index (χ2n) is 6.85. The lowest BCUT2D eigenvalue weighted by Gasteiger charge is -2.13. The molecule has 0 unspecified atom stereocenters. The van der Waals surface area contributed by atoms with Crippen molar-refractivity contribution in [3.8, 4) is 11.4 Å². The van der Waals surface area contributed by atoms with Gasteiger partial charge in [-0.3, -0.25) is 0 Å². The summed E-state index contributed by atoms with van der Waals surface area (Å²) in [6.45, 7) is 2.44. The molecule has 4 rings (SSSR count). The molecule has 3 aromatic rings. The molecule has 7 heteroatoms.